The number of amides is 2. The summed E-state index contributed by atoms with van der Waals surface area (Å²) in [4.78, 5) is 33.8. The van der Waals surface area contributed by atoms with Gasteiger partial charge in [-0.05, 0) is 17.7 Å². The first-order chi connectivity index (χ1) is 15.1. The Morgan fingerprint density at radius 2 is 1.84 bits per heavy atom. The Bertz CT molecular complexity index is 1110. The number of nitrogens with one attached hydrogen (secondary N) is 2. The number of hydrogen-bond acceptors (Lipinski definition) is 6. The molecule has 0 saturated carbocycles. The van der Waals surface area contributed by atoms with Crippen molar-refractivity contribution in [2.24, 2.45) is 4.99 Å². The summed E-state index contributed by atoms with van der Waals surface area (Å²) in [6.07, 6.45) is -0.312. The number of para-hydroxylation sites is 1. The van der Waals surface area contributed by atoms with Crippen LogP contribution in [0.4, 0.5) is 10.5 Å². The quantitative estimate of drug-likeness (QED) is 0.665. The van der Waals surface area contributed by atoms with Crippen LogP contribution in [0.15, 0.2) is 77.9 Å². The summed E-state index contributed by atoms with van der Waals surface area (Å²) in [6.45, 7) is 0.0835. The van der Waals surface area contributed by atoms with Gasteiger partial charge in [-0.3, -0.25) is 10.1 Å². The van der Waals surface area contributed by atoms with Gasteiger partial charge in [0.1, 0.15) is 6.61 Å². The number of fused-ring (bicyclic) bond motifs is 1. The molecule has 0 fully saturated rings. The fraction of sp³-hybridized carbons (Fsp3) is 0.130. The summed E-state index contributed by atoms with van der Waals surface area (Å²) >= 11 is 0. The van der Waals surface area contributed by atoms with Crippen molar-refractivity contribution in [1.29, 1.82) is 0 Å². The van der Waals surface area contributed by atoms with Crippen molar-refractivity contribution < 1.29 is 19.1 Å². The lowest BCUT2D eigenvalue weighted by molar-refractivity contribution is -0.117. The third kappa shape index (κ3) is 4.69. The molecule has 1 aromatic heterocycles. The molecule has 156 valence electrons. The molecule has 8 heteroatoms. The van der Waals surface area contributed by atoms with Gasteiger partial charge >= 0.3 is 6.09 Å². The Labute approximate surface area is 178 Å². The number of pyridine rings is 1. The molecule has 2 heterocycles. The molecule has 2 N–H and O–H groups in total. The number of rotatable bonds is 5. The van der Waals surface area contributed by atoms with Crippen LogP contribution in [0.1, 0.15) is 16.7 Å². The van der Waals surface area contributed by atoms with E-state index in [1.807, 2.05) is 48.5 Å². The van der Waals surface area contributed by atoms with Crippen LogP contribution in [0, 0.1) is 0 Å². The minimum absolute atomic E-state index is 0.0835. The summed E-state index contributed by atoms with van der Waals surface area (Å²) in [5.41, 5.74) is 3.32. The normalized spacial score (nSPS) is 15.1. The topological polar surface area (TPSA) is 102 Å². The SMILES string of the molecule is COc1ccc(C2=N[C@H](NC(=O)OCc3ccccc3)C(=O)Nc3ccccc32)cn1. The van der Waals surface area contributed by atoms with Crippen molar-refractivity contribution in [3.63, 3.8) is 0 Å². The van der Waals surface area contributed by atoms with Crippen LogP contribution < -0.4 is 15.4 Å². The van der Waals surface area contributed by atoms with Gasteiger partial charge in [-0.2, -0.15) is 0 Å². The first kappa shape index (κ1) is 20.1. The zero-order chi connectivity index (χ0) is 21.6. The summed E-state index contributed by atoms with van der Waals surface area (Å²) in [5, 5.41) is 5.34. The van der Waals surface area contributed by atoms with E-state index in [0.29, 0.717) is 28.4 Å². The predicted octanol–water partition coefficient (Wildman–Crippen LogP) is 3.13. The van der Waals surface area contributed by atoms with Gasteiger partial charge in [0.2, 0.25) is 12.0 Å². The Morgan fingerprint density at radius 1 is 1.06 bits per heavy atom. The highest BCUT2D eigenvalue weighted by atomic mass is 16.5. The second-order valence-corrected chi connectivity index (χ2v) is 6.71. The predicted molar refractivity (Wildman–Crippen MR) is 115 cm³/mol. The van der Waals surface area contributed by atoms with Gasteiger partial charge in [0.15, 0.2) is 0 Å². The lowest BCUT2D eigenvalue weighted by atomic mass is 10.0. The maximum absolute atomic E-state index is 12.7. The largest absolute Gasteiger partial charge is 0.481 e. The Hall–Kier alpha value is -4.20. The molecule has 0 aliphatic carbocycles. The number of alkyl carbamates (subject to hydrolysis) is 1. The number of methoxy groups -OCH3 is 1. The molecule has 2 aromatic carbocycles. The smallest absolute Gasteiger partial charge is 0.409 e. The van der Waals surface area contributed by atoms with E-state index in [1.54, 1.807) is 24.4 Å². The van der Waals surface area contributed by atoms with E-state index < -0.39 is 18.2 Å². The van der Waals surface area contributed by atoms with Crippen LogP contribution >= 0.6 is 0 Å². The minimum atomic E-state index is -1.17. The van der Waals surface area contributed by atoms with Gasteiger partial charge in [-0.15, -0.1) is 0 Å². The van der Waals surface area contributed by atoms with Gasteiger partial charge in [-0.1, -0.05) is 48.5 Å². The average Bonchev–Trinajstić information content (AvgIpc) is 2.95. The first-order valence-electron chi connectivity index (χ1n) is 9.60. The van der Waals surface area contributed by atoms with E-state index in [9.17, 15) is 9.59 Å². The third-order valence-corrected chi connectivity index (χ3v) is 4.63. The Morgan fingerprint density at radius 3 is 2.58 bits per heavy atom. The Balaban J connectivity index is 1.59. The van der Waals surface area contributed by atoms with E-state index >= 15 is 0 Å². The fourth-order valence-corrected chi connectivity index (χ4v) is 3.10. The highest BCUT2D eigenvalue weighted by Gasteiger charge is 2.27. The summed E-state index contributed by atoms with van der Waals surface area (Å²) in [5.74, 6) is -0.0137. The van der Waals surface area contributed by atoms with Gasteiger partial charge < -0.3 is 14.8 Å². The molecule has 0 radical (unpaired) electrons. The summed E-state index contributed by atoms with van der Waals surface area (Å²) in [6, 6.07) is 20.0. The average molecular weight is 416 g/mol. The maximum Gasteiger partial charge on any atom is 0.409 e. The fourth-order valence-electron chi connectivity index (χ4n) is 3.10. The molecule has 0 spiro atoms. The number of aliphatic imine (C=N–C) groups is 1. The van der Waals surface area contributed by atoms with Crippen molar-refractivity contribution in [3.05, 3.63) is 89.6 Å². The van der Waals surface area contributed by atoms with Crippen LogP contribution in [0.25, 0.3) is 0 Å². The van der Waals surface area contributed by atoms with Crippen LogP contribution in [0.5, 0.6) is 5.88 Å². The van der Waals surface area contributed by atoms with Crippen LogP contribution in [-0.2, 0) is 16.1 Å². The van der Waals surface area contributed by atoms with Crippen LogP contribution in [0.3, 0.4) is 0 Å². The second kappa shape index (κ2) is 9.08. The standard InChI is InChI=1S/C23H20N4O4/c1-30-19-12-11-16(13-24-19)20-17-9-5-6-10-18(17)25-22(28)21(26-20)27-23(29)31-14-15-7-3-2-4-8-15/h2-13,21H,14H2,1H3,(H,25,28)(H,27,29)/t21-/m1/s1. The van der Waals surface area contributed by atoms with E-state index in [1.165, 1.54) is 7.11 Å². The molecule has 0 bridgehead atoms. The second-order valence-electron chi connectivity index (χ2n) is 6.71. The lowest BCUT2D eigenvalue weighted by Gasteiger charge is -2.13. The number of nitrogens with zero attached hydrogens (tertiary/aromatic N) is 2. The number of hydrogen-bond donors (Lipinski definition) is 2. The molecular formula is C23H20N4O4. The van der Waals surface area contributed by atoms with E-state index in [2.05, 4.69) is 20.6 Å². The molecule has 0 unspecified atom stereocenters. The maximum atomic E-state index is 12.7. The molecule has 31 heavy (non-hydrogen) atoms. The Kier molecular flexibility index (Phi) is 5.89. The molecule has 0 saturated heterocycles. The van der Waals surface area contributed by atoms with Crippen molar-refractivity contribution in [2.75, 3.05) is 12.4 Å². The minimum Gasteiger partial charge on any atom is -0.481 e. The van der Waals surface area contributed by atoms with Crippen molar-refractivity contribution in [2.45, 2.75) is 12.8 Å². The van der Waals surface area contributed by atoms with Gasteiger partial charge in [0.25, 0.3) is 5.91 Å². The van der Waals surface area contributed by atoms with Crippen molar-refractivity contribution >= 4 is 23.4 Å². The van der Waals surface area contributed by atoms with E-state index in [-0.39, 0.29) is 6.61 Å². The molecule has 8 nitrogen and oxygen atoms in total. The number of ether oxygens (including phenoxy) is 2. The molecule has 3 aromatic rings. The van der Waals surface area contributed by atoms with Gasteiger partial charge in [-0.25, -0.2) is 14.8 Å². The molecule has 4 rings (SSSR count). The van der Waals surface area contributed by atoms with E-state index in [0.717, 1.165) is 5.56 Å². The number of aromatic nitrogens is 1. The third-order valence-electron chi connectivity index (χ3n) is 4.63. The molecule has 1 aliphatic rings. The molecule has 1 atom stereocenters. The molecular weight excluding hydrogens is 396 g/mol. The zero-order valence-electron chi connectivity index (χ0n) is 16.7. The van der Waals surface area contributed by atoms with Gasteiger partial charge in [0, 0.05) is 23.4 Å². The highest BCUT2D eigenvalue weighted by molar-refractivity contribution is 6.19. The summed E-state index contributed by atoms with van der Waals surface area (Å²) in [7, 11) is 1.53. The van der Waals surface area contributed by atoms with Crippen molar-refractivity contribution in [1.82, 2.24) is 10.3 Å². The highest BCUT2D eigenvalue weighted by Crippen LogP contribution is 2.24. The lowest BCUT2D eigenvalue weighted by Crippen LogP contribution is -2.42. The number of benzodiazepines with no additional fused rings is 1. The monoisotopic (exact) mass is 416 g/mol. The van der Waals surface area contributed by atoms with Crippen molar-refractivity contribution in [3.8, 4) is 5.88 Å². The zero-order valence-corrected chi connectivity index (χ0v) is 16.7. The van der Waals surface area contributed by atoms with Crippen LogP contribution in [-0.4, -0.2) is 36.0 Å². The summed E-state index contributed by atoms with van der Waals surface area (Å²) < 4.78 is 10.4. The number of benzene rings is 2. The molecule has 1 aliphatic heterocycles. The van der Waals surface area contributed by atoms with Gasteiger partial charge in [0.05, 0.1) is 18.5 Å². The number of carbonyl (C=O) groups excluding carboxylic acids is 2. The van der Waals surface area contributed by atoms with Crippen LogP contribution in [0.2, 0.25) is 0 Å². The first-order valence-corrected chi connectivity index (χ1v) is 9.60. The van der Waals surface area contributed by atoms with E-state index in [4.69, 9.17) is 9.47 Å². The molecule has 2 amide bonds. The number of carbonyl (C=O) groups is 2. The number of anilines is 1.